The summed E-state index contributed by atoms with van der Waals surface area (Å²) in [5.74, 6) is 1.55. The fourth-order valence-electron chi connectivity index (χ4n) is 3.29. The van der Waals surface area contributed by atoms with Crippen LogP contribution in [0, 0.1) is 6.92 Å². The number of nitrogens with one attached hydrogen (secondary N) is 1. The van der Waals surface area contributed by atoms with Crippen molar-refractivity contribution in [2.24, 2.45) is 0 Å². The Bertz CT molecular complexity index is 917. The molecule has 0 aliphatic carbocycles. The van der Waals surface area contributed by atoms with Crippen LogP contribution in [0.4, 0.5) is 0 Å². The van der Waals surface area contributed by atoms with Gasteiger partial charge in [0, 0.05) is 25.2 Å². The van der Waals surface area contributed by atoms with Crippen LogP contribution < -0.4 is 5.32 Å². The van der Waals surface area contributed by atoms with Crippen LogP contribution in [0.25, 0.3) is 5.69 Å². The van der Waals surface area contributed by atoms with Gasteiger partial charge >= 0.3 is 0 Å². The number of amides is 1. The molecule has 1 amide bonds. The molecule has 4 rings (SSSR count). The molecule has 3 heterocycles. The Hall–Kier alpha value is -3.04. The van der Waals surface area contributed by atoms with E-state index in [2.05, 4.69) is 25.7 Å². The highest BCUT2D eigenvalue weighted by atomic mass is 16.5. The fourth-order valence-corrected chi connectivity index (χ4v) is 3.29. The zero-order valence-corrected chi connectivity index (χ0v) is 15.6. The van der Waals surface area contributed by atoms with Gasteiger partial charge in [0.1, 0.15) is 17.8 Å². The van der Waals surface area contributed by atoms with Gasteiger partial charge in [0.15, 0.2) is 0 Å². The summed E-state index contributed by atoms with van der Waals surface area (Å²) in [6.45, 7) is 5.32. The maximum atomic E-state index is 12.7. The van der Waals surface area contributed by atoms with Crippen molar-refractivity contribution in [3.8, 4) is 5.69 Å². The van der Waals surface area contributed by atoms with E-state index in [1.54, 1.807) is 18.2 Å². The number of hydrogen-bond donors (Lipinski definition) is 1. The number of carbonyl (C=O) groups is 1. The Morgan fingerprint density at radius 3 is 2.82 bits per heavy atom. The summed E-state index contributed by atoms with van der Waals surface area (Å²) in [5.41, 5.74) is 1.27. The first-order valence-electron chi connectivity index (χ1n) is 9.20. The van der Waals surface area contributed by atoms with Crippen molar-refractivity contribution in [3.63, 3.8) is 0 Å². The molecule has 1 aromatic carbocycles. The van der Waals surface area contributed by atoms with E-state index >= 15 is 0 Å². The van der Waals surface area contributed by atoms with Crippen molar-refractivity contribution in [1.29, 1.82) is 0 Å². The van der Waals surface area contributed by atoms with E-state index in [4.69, 9.17) is 9.15 Å². The number of rotatable bonds is 6. The molecule has 1 aliphatic rings. The number of morpholine rings is 1. The third-order valence-corrected chi connectivity index (χ3v) is 4.75. The van der Waals surface area contributed by atoms with E-state index in [0.717, 1.165) is 30.3 Å². The van der Waals surface area contributed by atoms with E-state index in [0.29, 0.717) is 25.3 Å². The van der Waals surface area contributed by atoms with Gasteiger partial charge in [-0.2, -0.15) is 0 Å². The molecule has 0 radical (unpaired) electrons. The van der Waals surface area contributed by atoms with Gasteiger partial charge in [-0.15, -0.1) is 5.10 Å². The molecule has 0 spiro atoms. The molecular formula is C19H22N6O3. The van der Waals surface area contributed by atoms with Crippen molar-refractivity contribution in [2.75, 3.05) is 32.8 Å². The normalized spacial score (nSPS) is 16.0. The van der Waals surface area contributed by atoms with Crippen LogP contribution in [0.2, 0.25) is 0 Å². The second kappa shape index (κ2) is 8.32. The zero-order chi connectivity index (χ0) is 19.3. The highest BCUT2D eigenvalue weighted by molar-refractivity contribution is 5.94. The van der Waals surface area contributed by atoms with Crippen LogP contribution in [0.3, 0.4) is 0 Å². The quantitative estimate of drug-likeness (QED) is 0.687. The standard InChI is InChI=1S/C19H22N6O3/c1-14-5-6-18(28-14)17(24-7-9-27-10-8-24)12-20-19(26)15-3-2-4-16(11-15)25-13-21-22-23-25/h2-6,11,13,17H,7-10,12H2,1H3,(H,20,26). The van der Waals surface area contributed by atoms with Crippen LogP contribution >= 0.6 is 0 Å². The van der Waals surface area contributed by atoms with Crippen molar-refractivity contribution in [1.82, 2.24) is 30.4 Å². The molecule has 9 heteroatoms. The number of hydrogen-bond acceptors (Lipinski definition) is 7. The van der Waals surface area contributed by atoms with E-state index in [1.807, 2.05) is 25.1 Å². The molecule has 1 atom stereocenters. The summed E-state index contributed by atoms with van der Waals surface area (Å²) >= 11 is 0. The minimum atomic E-state index is -0.156. The summed E-state index contributed by atoms with van der Waals surface area (Å²) in [6.07, 6.45) is 1.49. The lowest BCUT2D eigenvalue weighted by atomic mass is 10.1. The van der Waals surface area contributed by atoms with Gasteiger partial charge in [-0.1, -0.05) is 6.07 Å². The number of tetrazole rings is 1. The van der Waals surface area contributed by atoms with E-state index in [9.17, 15) is 4.79 Å². The molecule has 1 aliphatic heterocycles. The van der Waals surface area contributed by atoms with Crippen molar-refractivity contribution in [2.45, 2.75) is 13.0 Å². The van der Waals surface area contributed by atoms with Crippen LogP contribution in [0.15, 0.2) is 47.1 Å². The SMILES string of the molecule is Cc1ccc(C(CNC(=O)c2cccc(-n3cnnn3)c2)N2CCOCC2)o1. The van der Waals surface area contributed by atoms with Crippen LogP contribution in [-0.2, 0) is 4.74 Å². The second-order valence-electron chi connectivity index (χ2n) is 6.63. The largest absolute Gasteiger partial charge is 0.465 e. The molecule has 1 saturated heterocycles. The highest BCUT2D eigenvalue weighted by Crippen LogP contribution is 2.23. The molecule has 0 saturated carbocycles. The van der Waals surface area contributed by atoms with Crippen LogP contribution in [0.5, 0.6) is 0 Å². The van der Waals surface area contributed by atoms with Crippen molar-refractivity contribution >= 4 is 5.91 Å². The van der Waals surface area contributed by atoms with Crippen molar-refractivity contribution in [3.05, 3.63) is 59.8 Å². The van der Waals surface area contributed by atoms with Gasteiger partial charge < -0.3 is 14.5 Å². The van der Waals surface area contributed by atoms with Crippen LogP contribution in [0.1, 0.15) is 27.9 Å². The predicted octanol–water partition coefficient (Wildman–Crippen LogP) is 1.37. The number of nitrogens with zero attached hydrogens (tertiary/aromatic N) is 5. The molecule has 2 aromatic heterocycles. The molecule has 1 unspecified atom stereocenters. The summed E-state index contributed by atoms with van der Waals surface area (Å²) in [5, 5.41) is 14.1. The van der Waals surface area contributed by atoms with Gasteiger partial charge in [-0.05, 0) is 47.7 Å². The topological polar surface area (TPSA) is 98.3 Å². The lowest BCUT2D eigenvalue weighted by Gasteiger charge is -2.33. The smallest absolute Gasteiger partial charge is 0.251 e. The first kappa shape index (κ1) is 18.3. The number of aryl methyl sites for hydroxylation is 1. The zero-order valence-electron chi connectivity index (χ0n) is 15.6. The molecule has 28 heavy (non-hydrogen) atoms. The number of carbonyl (C=O) groups excluding carboxylic acids is 1. The molecule has 0 bridgehead atoms. The molecule has 9 nitrogen and oxygen atoms in total. The van der Waals surface area contributed by atoms with E-state index in [1.165, 1.54) is 11.0 Å². The van der Waals surface area contributed by atoms with Gasteiger partial charge in [0.05, 0.1) is 24.9 Å². The first-order valence-corrected chi connectivity index (χ1v) is 9.20. The van der Waals surface area contributed by atoms with Gasteiger partial charge in [0.25, 0.3) is 5.91 Å². The van der Waals surface area contributed by atoms with Crippen molar-refractivity contribution < 1.29 is 13.9 Å². The van der Waals surface area contributed by atoms with Gasteiger partial charge in [-0.25, -0.2) is 4.68 Å². The third-order valence-electron chi connectivity index (χ3n) is 4.75. The summed E-state index contributed by atoms with van der Waals surface area (Å²) < 4.78 is 12.8. The summed E-state index contributed by atoms with van der Waals surface area (Å²) in [7, 11) is 0. The Morgan fingerprint density at radius 1 is 1.25 bits per heavy atom. The van der Waals surface area contributed by atoms with Gasteiger partial charge in [0.2, 0.25) is 0 Å². The molecule has 1 N–H and O–H groups in total. The number of furan rings is 1. The van der Waals surface area contributed by atoms with E-state index in [-0.39, 0.29) is 11.9 Å². The van der Waals surface area contributed by atoms with Crippen LogP contribution in [-0.4, -0.2) is 63.9 Å². The van der Waals surface area contributed by atoms with Gasteiger partial charge in [-0.3, -0.25) is 9.69 Å². The number of ether oxygens (including phenoxy) is 1. The van der Waals surface area contributed by atoms with E-state index < -0.39 is 0 Å². The third kappa shape index (κ3) is 4.10. The average Bonchev–Trinajstić information content (AvgIpc) is 3.41. The maximum absolute atomic E-state index is 12.7. The predicted molar refractivity (Wildman–Crippen MR) is 100 cm³/mol. The maximum Gasteiger partial charge on any atom is 0.251 e. The lowest BCUT2D eigenvalue weighted by molar-refractivity contribution is 0.0117. The minimum absolute atomic E-state index is 0.0377. The summed E-state index contributed by atoms with van der Waals surface area (Å²) in [4.78, 5) is 15.0. The Morgan fingerprint density at radius 2 is 2.11 bits per heavy atom. The Labute approximate surface area is 162 Å². The summed E-state index contributed by atoms with van der Waals surface area (Å²) in [6, 6.07) is 11.1. The molecule has 146 valence electrons. The Balaban J connectivity index is 1.47. The second-order valence-corrected chi connectivity index (χ2v) is 6.63. The number of aromatic nitrogens is 4. The minimum Gasteiger partial charge on any atom is -0.465 e. The number of benzene rings is 1. The first-order chi connectivity index (χ1) is 13.7. The molecule has 1 fully saturated rings. The lowest BCUT2D eigenvalue weighted by Crippen LogP contribution is -2.43. The monoisotopic (exact) mass is 382 g/mol. The average molecular weight is 382 g/mol. The highest BCUT2D eigenvalue weighted by Gasteiger charge is 2.25. The fraction of sp³-hybridized carbons (Fsp3) is 0.368. The Kier molecular flexibility index (Phi) is 5.45. The molecular weight excluding hydrogens is 360 g/mol. The molecule has 3 aromatic rings.